The van der Waals surface area contributed by atoms with Gasteiger partial charge in [-0.15, -0.1) is 0 Å². The van der Waals surface area contributed by atoms with Crippen molar-refractivity contribution >= 4 is 34.8 Å². The van der Waals surface area contributed by atoms with E-state index in [-0.39, 0.29) is 0 Å². The van der Waals surface area contributed by atoms with Crippen molar-refractivity contribution in [1.29, 1.82) is 0 Å². The number of rotatable bonds is 6. The fourth-order valence-electron chi connectivity index (χ4n) is 4.62. The Balaban J connectivity index is 1.69. The third kappa shape index (κ3) is 3.77. The molecule has 1 fully saturated rings. The fraction of sp³-hybridized carbons (Fsp3) is 0.269. The van der Waals surface area contributed by atoms with Gasteiger partial charge in [-0.3, -0.25) is 0 Å². The minimum absolute atomic E-state index is 0.503. The monoisotopic (exact) mass is 474 g/mol. The van der Waals surface area contributed by atoms with E-state index in [4.69, 9.17) is 9.40 Å². The molecule has 7 nitrogen and oxygen atoms in total. The second kappa shape index (κ2) is 8.68. The van der Waals surface area contributed by atoms with Gasteiger partial charge in [-0.2, -0.15) is 4.98 Å². The van der Waals surface area contributed by atoms with Crippen LogP contribution in [0.25, 0.3) is 33.6 Å². The van der Waals surface area contributed by atoms with E-state index >= 15 is 0 Å². The largest absolute Gasteiger partial charge is 0.465 e. The number of amides is 1. The van der Waals surface area contributed by atoms with E-state index in [0.29, 0.717) is 10.9 Å². The van der Waals surface area contributed by atoms with Crippen molar-refractivity contribution in [1.82, 2.24) is 15.3 Å². The lowest BCUT2D eigenvalue weighted by Gasteiger charge is -2.42. The number of aromatic nitrogens is 2. The van der Waals surface area contributed by atoms with Gasteiger partial charge in [0.05, 0.1) is 10.9 Å². The van der Waals surface area contributed by atoms with Crippen LogP contribution in [0.5, 0.6) is 0 Å². The highest BCUT2D eigenvalue weighted by Crippen LogP contribution is 2.45. The number of anilines is 1. The highest BCUT2D eigenvalue weighted by atomic mass is 32.2. The lowest BCUT2D eigenvalue weighted by Crippen LogP contribution is -2.50. The Kier molecular flexibility index (Phi) is 5.69. The van der Waals surface area contributed by atoms with Crippen LogP contribution in [0, 0.1) is 0 Å². The highest BCUT2D eigenvalue weighted by Gasteiger charge is 2.40. The topological polar surface area (TPSA) is 91.5 Å². The van der Waals surface area contributed by atoms with E-state index in [1.807, 2.05) is 67.7 Å². The first-order valence-corrected chi connectivity index (χ1v) is 12.4. The van der Waals surface area contributed by atoms with Gasteiger partial charge in [-0.05, 0) is 36.6 Å². The van der Waals surface area contributed by atoms with Crippen LogP contribution >= 0.6 is 11.8 Å². The molecule has 0 unspecified atom stereocenters. The number of fused-ring (bicyclic) bond motifs is 1. The van der Waals surface area contributed by atoms with Crippen LogP contribution in [0.3, 0.4) is 0 Å². The number of hydrogen-bond acceptors (Lipinski definition) is 6. The smallest absolute Gasteiger partial charge is 0.405 e. The van der Waals surface area contributed by atoms with Gasteiger partial charge in [0, 0.05) is 25.2 Å². The van der Waals surface area contributed by atoms with Crippen molar-refractivity contribution in [3.8, 4) is 22.5 Å². The summed E-state index contributed by atoms with van der Waals surface area (Å²) in [4.78, 5) is 22.8. The average Bonchev–Trinajstić information content (AvgIpc) is 3.20. The molecule has 34 heavy (non-hydrogen) atoms. The third-order valence-electron chi connectivity index (χ3n) is 6.43. The number of carboxylic acid groups (broad SMARTS) is 1. The zero-order valence-corrected chi connectivity index (χ0v) is 20.1. The van der Waals surface area contributed by atoms with E-state index in [1.54, 1.807) is 0 Å². The molecule has 2 aromatic carbocycles. The molecule has 0 atom stereocenters. The summed E-state index contributed by atoms with van der Waals surface area (Å²) in [5.41, 5.74) is 3.89. The zero-order chi connectivity index (χ0) is 23.9. The molecule has 1 aliphatic rings. The lowest BCUT2D eigenvalue weighted by atomic mass is 9.72. The van der Waals surface area contributed by atoms with Crippen molar-refractivity contribution in [2.24, 2.45) is 0 Å². The molecule has 1 saturated carbocycles. The summed E-state index contributed by atoms with van der Waals surface area (Å²) in [6.45, 7) is 0. The Hall–Kier alpha value is -3.52. The summed E-state index contributed by atoms with van der Waals surface area (Å²) < 4.78 is 6.40. The molecule has 1 aliphatic carbocycles. The van der Waals surface area contributed by atoms with Gasteiger partial charge in [-0.1, -0.05) is 66.4 Å². The van der Waals surface area contributed by atoms with Gasteiger partial charge in [0.2, 0.25) is 5.71 Å². The molecule has 2 aromatic heterocycles. The Morgan fingerprint density at radius 3 is 2.32 bits per heavy atom. The van der Waals surface area contributed by atoms with Gasteiger partial charge in [0.15, 0.2) is 5.16 Å². The van der Waals surface area contributed by atoms with Gasteiger partial charge >= 0.3 is 6.09 Å². The molecule has 8 heteroatoms. The maximum absolute atomic E-state index is 11.4. The number of benzene rings is 2. The second-order valence-electron chi connectivity index (χ2n) is 8.72. The second-order valence-corrected chi connectivity index (χ2v) is 9.50. The summed E-state index contributed by atoms with van der Waals surface area (Å²) in [5, 5.41) is 13.6. The van der Waals surface area contributed by atoms with Crippen molar-refractivity contribution in [3.63, 3.8) is 0 Å². The zero-order valence-electron chi connectivity index (χ0n) is 19.3. The first-order chi connectivity index (χ1) is 16.4. The maximum atomic E-state index is 11.4. The normalized spacial score (nSPS) is 14.6. The summed E-state index contributed by atoms with van der Waals surface area (Å²) in [7, 11) is 3.94. The predicted molar refractivity (Wildman–Crippen MR) is 135 cm³/mol. The maximum Gasteiger partial charge on any atom is 0.405 e. The number of hydrogen-bond donors (Lipinski definition) is 2. The van der Waals surface area contributed by atoms with Crippen LogP contribution in [-0.2, 0) is 5.54 Å². The summed E-state index contributed by atoms with van der Waals surface area (Å²) in [6, 6.07) is 18.1. The molecule has 0 saturated heterocycles. The van der Waals surface area contributed by atoms with E-state index in [0.717, 1.165) is 58.5 Å². The van der Waals surface area contributed by atoms with E-state index in [1.165, 1.54) is 11.8 Å². The number of furan rings is 1. The minimum Gasteiger partial charge on any atom is -0.465 e. The first-order valence-electron chi connectivity index (χ1n) is 11.1. The minimum atomic E-state index is -0.994. The van der Waals surface area contributed by atoms with Crippen LogP contribution in [0.4, 0.5) is 10.6 Å². The van der Waals surface area contributed by atoms with E-state index in [9.17, 15) is 9.90 Å². The van der Waals surface area contributed by atoms with Crippen LogP contribution in [0.2, 0.25) is 0 Å². The third-order valence-corrected chi connectivity index (χ3v) is 6.98. The number of nitrogens with one attached hydrogen (secondary N) is 1. The fourth-order valence-corrected chi connectivity index (χ4v) is 4.98. The van der Waals surface area contributed by atoms with E-state index < -0.39 is 11.6 Å². The van der Waals surface area contributed by atoms with Crippen molar-refractivity contribution < 1.29 is 14.3 Å². The first kappa shape index (κ1) is 22.3. The molecule has 0 aliphatic heterocycles. The average molecular weight is 475 g/mol. The number of thioether (sulfide) groups is 1. The molecule has 0 spiro atoms. The Labute approximate surface area is 202 Å². The van der Waals surface area contributed by atoms with Crippen LogP contribution in [0.1, 0.15) is 24.8 Å². The molecule has 174 valence electrons. The summed E-state index contributed by atoms with van der Waals surface area (Å²) in [5.74, 6) is 1.52. The molecule has 0 radical (unpaired) electrons. The SMILES string of the molecule is CSc1nc(N(C)C)c2c(-c3ccccc3)c(-c3ccc(C4(NC(=O)O)CCC4)cc3)oc2n1. The summed E-state index contributed by atoms with van der Waals surface area (Å²) in [6.07, 6.45) is 3.57. The molecular formula is C26H26N4O3S. The van der Waals surface area contributed by atoms with Crippen LogP contribution in [-0.4, -0.2) is 41.5 Å². The Morgan fingerprint density at radius 2 is 1.76 bits per heavy atom. The number of carbonyl (C=O) groups is 1. The molecule has 2 heterocycles. The molecule has 5 rings (SSSR count). The Morgan fingerprint density at radius 1 is 1.06 bits per heavy atom. The standard InChI is InChI=1S/C26H26N4O3S/c1-30(2)22-20-19(16-8-5-4-6-9-16)21(33-23(20)28-24(27-22)34-3)17-10-12-18(13-11-17)26(14-7-15-26)29-25(31)32/h4-6,8-13,29H,7,14-15H2,1-3H3,(H,31,32). The molecule has 4 aromatic rings. The Bertz CT molecular complexity index is 1350. The van der Waals surface area contributed by atoms with Crippen molar-refractivity contribution in [2.45, 2.75) is 30.0 Å². The van der Waals surface area contributed by atoms with Gasteiger partial charge < -0.3 is 19.7 Å². The van der Waals surface area contributed by atoms with Gasteiger partial charge in [-0.25, -0.2) is 9.78 Å². The number of nitrogens with zero attached hydrogens (tertiary/aromatic N) is 3. The van der Waals surface area contributed by atoms with Crippen molar-refractivity contribution in [3.05, 3.63) is 60.2 Å². The lowest BCUT2D eigenvalue weighted by molar-refractivity contribution is 0.144. The van der Waals surface area contributed by atoms with E-state index in [2.05, 4.69) is 22.4 Å². The van der Waals surface area contributed by atoms with Gasteiger partial charge in [0.1, 0.15) is 11.6 Å². The molecule has 2 N–H and O–H groups in total. The van der Waals surface area contributed by atoms with Gasteiger partial charge in [0.25, 0.3) is 0 Å². The quantitative estimate of drug-likeness (QED) is 0.262. The van der Waals surface area contributed by atoms with Crippen LogP contribution < -0.4 is 10.2 Å². The predicted octanol–water partition coefficient (Wildman–Crippen LogP) is 5.99. The van der Waals surface area contributed by atoms with Crippen LogP contribution in [0.15, 0.2) is 64.2 Å². The molecule has 0 bridgehead atoms. The molecular weight excluding hydrogens is 448 g/mol. The molecule has 1 amide bonds. The summed E-state index contributed by atoms with van der Waals surface area (Å²) >= 11 is 1.48. The highest BCUT2D eigenvalue weighted by molar-refractivity contribution is 7.98. The van der Waals surface area contributed by atoms with Crippen molar-refractivity contribution in [2.75, 3.05) is 25.3 Å².